The molecule has 3 rings (SSSR count). The van der Waals surface area contributed by atoms with Gasteiger partial charge in [-0.1, -0.05) is 0 Å². The Labute approximate surface area is 108 Å². The largest absolute Gasteiger partial charge is 0.369 e. The fourth-order valence-corrected chi connectivity index (χ4v) is 4.69. The van der Waals surface area contributed by atoms with Crippen LogP contribution in [0.15, 0.2) is 18.5 Å². The van der Waals surface area contributed by atoms with Gasteiger partial charge in [-0.15, -0.1) is 0 Å². The molecule has 0 bridgehead atoms. The molecule has 1 atom stereocenters. The monoisotopic (exact) mass is 266 g/mol. The lowest BCUT2D eigenvalue weighted by Crippen LogP contribution is -2.21. The molecule has 1 aliphatic rings. The zero-order valence-corrected chi connectivity index (χ0v) is 11.0. The summed E-state index contributed by atoms with van der Waals surface area (Å²) in [7, 11) is 0. The summed E-state index contributed by atoms with van der Waals surface area (Å²) in [6.07, 6.45) is 3.56. The third-order valence-electron chi connectivity index (χ3n) is 2.85. The fourth-order valence-electron chi connectivity index (χ4n) is 2.04. The highest BCUT2D eigenvalue weighted by Crippen LogP contribution is 2.27. The summed E-state index contributed by atoms with van der Waals surface area (Å²) >= 11 is 4.07. The van der Waals surface area contributed by atoms with Crippen LogP contribution in [-0.2, 0) is 6.54 Å². The number of pyridine rings is 1. The number of thioether (sulfide) groups is 2. The van der Waals surface area contributed by atoms with Gasteiger partial charge in [-0.3, -0.25) is 4.98 Å². The standard InChI is InChI=1S/C11H14N4S2/c12-11-14-9-5-13-2-1-10(9)15(11)6-8-7-16-3-4-17-8/h1-2,5,8H,3-4,6-7H2,(H2,12,14). The predicted molar refractivity (Wildman–Crippen MR) is 75.5 cm³/mol. The van der Waals surface area contributed by atoms with Gasteiger partial charge in [0.05, 0.1) is 11.7 Å². The third kappa shape index (κ3) is 2.24. The molecular formula is C11H14N4S2. The average molecular weight is 266 g/mol. The first kappa shape index (κ1) is 11.2. The number of nitrogen functional groups attached to an aromatic ring is 1. The topological polar surface area (TPSA) is 56.7 Å². The summed E-state index contributed by atoms with van der Waals surface area (Å²) < 4.78 is 2.11. The lowest BCUT2D eigenvalue weighted by atomic mass is 10.4. The van der Waals surface area contributed by atoms with Crippen LogP contribution in [0.2, 0.25) is 0 Å². The van der Waals surface area contributed by atoms with Gasteiger partial charge in [0.15, 0.2) is 0 Å². The Hall–Kier alpha value is -0.880. The quantitative estimate of drug-likeness (QED) is 0.899. The number of nitrogens with two attached hydrogens (primary N) is 1. The van der Waals surface area contributed by atoms with Crippen molar-refractivity contribution in [2.45, 2.75) is 11.8 Å². The third-order valence-corrected chi connectivity index (χ3v) is 5.68. The van der Waals surface area contributed by atoms with Gasteiger partial charge in [0.25, 0.3) is 0 Å². The molecule has 1 fully saturated rings. The Morgan fingerprint density at radius 3 is 3.24 bits per heavy atom. The maximum atomic E-state index is 5.98. The summed E-state index contributed by atoms with van der Waals surface area (Å²) in [5, 5.41) is 0.640. The second-order valence-corrected chi connectivity index (χ2v) is 6.57. The van der Waals surface area contributed by atoms with E-state index < -0.39 is 0 Å². The van der Waals surface area contributed by atoms with Crippen LogP contribution in [0.3, 0.4) is 0 Å². The van der Waals surface area contributed by atoms with Gasteiger partial charge in [-0.2, -0.15) is 23.5 Å². The Morgan fingerprint density at radius 2 is 2.41 bits per heavy atom. The van der Waals surface area contributed by atoms with Crippen LogP contribution in [0, 0.1) is 0 Å². The van der Waals surface area contributed by atoms with Gasteiger partial charge in [-0.25, -0.2) is 4.98 Å². The molecule has 0 spiro atoms. The van der Waals surface area contributed by atoms with Gasteiger partial charge < -0.3 is 10.3 Å². The van der Waals surface area contributed by atoms with Crippen LogP contribution >= 0.6 is 23.5 Å². The SMILES string of the molecule is Nc1nc2cnccc2n1CC1CSCCS1. The van der Waals surface area contributed by atoms with Crippen LogP contribution < -0.4 is 5.73 Å². The van der Waals surface area contributed by atoms with Crippen molar-refractivity contribution in [2.75, 3.05) is 23.0 Å². The molecule has 3 heterocycles. The molecule has 1 unspecified atom stereocenters. The summed E-state index contributed by atoms with van der Waals surface area (Å²) in [6, 6.07) is 1.99. The average Bonchev–Trinajstić information content (AvgIpc) is 2.68. The first-order valence-corrected chi connectivity index (χ1v) is 7.80. The molecule has 0 aliphatic carbocycles. The van der Waals surface area contributed by atoms with Crippen molar-refractivity contribution in [3.8, 4) is 0 Å². The van der Waals surface area contributed by atoms with E-state index in [1.54, 1.807) is 12.4 Å². The van der Waals surface area contributed by atoms with E-state index in [9.17, 15) is 0 Å². The molecule has 4 nitrogen and oxygen atoms in total. The van der Waals surface area contributed by atoms with Crippen molar-refractivity contribution in [2.24, 2.45) is 0 Å². The van der Waals surface area contributed by atoms with Crippen molar-refractivity contribution in [3.63, 3.8) is 0 Å². The zero-order valence-electron chi connectivity index (χ0n) is 9.37. The van der Waals surface area contributed by atoms with Crippen LogP contribution in [0.5, 0.6) is 0 Å². The van der Waals surface area contributed by atoms with E-state index in [2.05, 4.69) is 14.5 Å². The first-order valence-electron chi connectivity index (χ1n) is 5.59. The maximum absolute atomic E-state index is 5.98. The minimum absolute atomic E-state index is 0.601. The molecule has 0 amide bonds. The van der Waals surface area contributed by atoms with Crippen LogP contribution in [0.25, 0.3) is 11.0 Å². The van der Waals surface area contributed by atoms with Crippen molar-refractivity contribution in [1.82, 2.24) is 14.5 Å². The molecule has 6 heteroatoms. The molecule has 1 aliphatic heterocycles. The number of nitrogens with zero attached hydrogens (tertiary/aromatic N) is 3. The molecule has 0 aromatic carbocycles. The second kappa shape index (κ2) is 4.78. The molecule has 2 aromatic heterocycles. The van der Waals surface area contributed by atoms with Crippen molar-refractivity contribution in [1.29, 1.82) is 0 Å². The van der Waals surface area contributed by atoms with Crippen LogP contribution in [-0.4, -0.2) is 37.0 Å². The Bertz CT molecular complexity index is 519. The number of imidazole rings is 1. The van der Waals surface area contributed by atoms with Gasteiger partial charge >= 0.3 is 0 Å². The number of anilines is 1. The minimum atomic E-state index is 0.601. The summed E-state index contributed by atoms with van der Waals surface area (Å²) in [5.74, 6) is 4.31. The maximum Gasteiger partial charge on any atom is 0.201 e. The Balaban J connectivity index is 1.90. The molecule has 0 radical (unpaired) electrons. The first-order chi connectivity index (χ1) is 8.34. The van der Waals surface area contributed by atoms with Gasteiger partial charge in [0.2, 0.25) is 5.95 Å². The lowest BCUT2D eigenvalue weighted by Gasteiger charge is -2.21. The molecule has 90 valence electrons. The van der Waals surface area contributed by atoms with E-state index >= 15 is 0 Å². The Kier molecular flexibility index (Phi) is 3.15. The number of aromatic nitrogens is 3. The van der Waals surface area contributed by atoms with Gasteiger partial charge in [0, 0.05) is 35.3 Å². The molecule has 0 saturated carbocycles. The fraction of sp³-hybridized carbons (Fsp3) is 0.455. The van der Waals surface area contributed by atoms with E-state index in [4.69, 9.17) is 5.73 Å². The summed E-state index contributed by atoms with van der Waals surface area (Å²) in [4.78, 5) is 8.41. The number of rotatable bonds is 2. The van der Waals surface area contributed by atoms with E-state index in [0.717, 1.165) is 17.6 Å². The van der Waals surface area contributed by atoms with E-state index in [0.29, 0.717) is 11.2 Å². The Morgan fingerprint density at radius 1 is 1.47 bits per heavy atom. The summed E-state index contributed by atoms with van der Waals surface area (Å²) in [5.41, 5.74) is 7.96. The van der Waals surface area contributed by atoms with Crippen LogP contribution in [0.1, 0.15) is 0 Å². The lowest BCUT2D eigenvalue weighted by molar-refractivity contribution is 0.724. The molecular weight excluding hydrogens is 252 g/mol. The minimum Gasteiger partial charge on any atom is -0.369 e. The molecule has 17 heavy (non-hydrogen) atoms. The number of hydrogen-bond donors (Lipinski definition) is 1. The molecule has 1 saturated heterocycles. The zero-order chi connectivity index (χ0) is 11.7. The highest BCUT2D eigenvalue weighted by atomic mass is 32.2. The second-order valence-electron chi connectivity index (χ2n) is 4.01. The number of hydrogen-bond acceptors (Lipinski definition) is 5. The molecule has 2 aromatic rings. The van der Waals surface area contributed by atoms with E-state index in [1.807, 2.05) is 29.6 Å². The summed E-state index contributed by atoms with van der Waals surface area (Å²) in [6.45, 7) is 0.948. The molecule has 2 N–H and O–H groups in total. The van der Waals surface area contributed by atoms with Crippen LogP contribution in [0.4, 0.5) is 5.95 Å². The normalized spacial score (nSPS) is 20.8. The van der Waals surface area contributed by atoms with Crippen molar-refractivity contribution < 1.29 is 0 Å². The van der Waals surface area contributed by atoms with E-state index in [-0.39, 0.29) is 0 Å². The number of fused-ring (bicyclic) bond motifs is 1. The predicted octanol–water partition coefficient (Wildman–Crippen LogP) is 1.86. The van der Waals surface area contributed by atoms with Crippen molar-refractivity contribution >= 4 is 40.5 Å². The highest BCUT2D eigenvalue weighted by molar-refractivity contribution is 8.06. The van der Waals surface area contributed by atoms with E-state index in [1.165, 1.54) is 17.3 Å². The van der Waals surface area contributed by atoms with Gasteiger partial charge in [-0.05, 0) is 6.07 Å². The highest BCUT2D eigenvalue weighted by Gasteiger charge is 2.17. The van der Waals surface area contributed by atoms with Gasteiger partial charge in [0.1, 0.15) is 5.52 Å². The van der Waals surface area contributed by atoms with Crippen molar-refractivity contribution in [3.05, 3.63) is 18.5 Å². The smallest absolute Gasteiger partial charge is 0.201 e.